The number of aryl methyl sites for hydroxylation is 1. The van der Waals surface area contributed by atoms with Crippen molar-refractivity contribution >= 4 is 57.5 Å². The van der Waals surface area contributed by atoms with Crippen LogP contribution in [-0.2, 0) is 30.3 Å². The van der Waals surface area contributed by atoms with Gasteiger partial charge in [0.05, 0.1) is 29.5 Å². The van der Waals surface area contributed by atoms with Gasteiger partial charge in [-0.25, -0.2) is 4.79 Å². The Balaban J connectivity index is 1.57. The van der Waals surface area contributed by atoms with E-state index in [1.807, 2.05) is 32.0 Å². The Morgan fingerprint density at radius 3 is 2.62 bits per heavy atom. The van der Waals surface area contributed by atoms with Crippen molar-refractivity contribution in [2.75, 3.05) is 23.8 Å². The lowest BCUT2D eigenvalue weighted by Gasteiger charge is -2.23. The first-order chi connectivity index (χ1) is 15.3. The molecule has 2 aromatic rings. The van der Waals surface area contributed by atoms with Gasteiger partial charge in [0.15, 0.2) is 6.61 Å². The number of carbonyl (C=O) groups excluding carboxylic acids is 4. The fourth-order valence-corrected chi connectivity index (χ4v) is 5.50. The van der Waals surface area contributed by atoms with E-state index in [0.29, 0.717) is 22.7 Å². The van der Waals surface area contributed by atoms with Gasteiger partial charge in [0.1, 0.15) is 5.00 Å². The molecular weight excluding hydrogens is 452 g/mol. The standard InChI is InChI=1S/C22H24N2O6S2/c1-4-13-12(3)31-21(19(13)22(28)29-5-2)24-17(25)11-30-18(26)10-16-20(27)23-14-8-6-7-9-15(14)32-16/h6-9,16H,4-5,10-11H2,1-3H3,(H,23,27)(H,24,25)/t16-/m1/s1. The molecule has 0 fully saturated rings. The van der Waals surface area contributed by atoms with Crippen molar-refractivity contribution in [2.24, 2.45) is 0 Å². The number of benzene rings is 1. The lowest BCUT2D eigenvalue weighted by molar-refractivity contribution is -0.147. The number of esters is 2. The van der Waals surface area contributed by atoms with Gasteiger partial charge in [-0.2, -0.15) is 0 Å². The zero-order valence-electron chi connectivity index (χ0n) is 18.0. The molecule has 2 heterocycles. The van der Waals surface area contributed by atoms with Crippen molar-refractivity contribution in [3.05, 3.63) is 40.3 Å². The lowest BCUT2D eigenvalue weighted by atomic mass is 10.1. The second-order valence-electron chi connectivity index (χ2n) is 6.92. The van der Waals surface area contributed by atoms with Crippen LogP contribution in [0.3, 0.4) is 0 Å². The van der Waals surface area contributed by atoms with Crippen LogP contribution in [0.15, 0.2) is 29.2 Å². The number of thiophene rings is 1. The molecule has 3 rings (SSSR count). The number of para-hydroxylation sites is 1. The van der Waals surface area contributed by atoms with Crippen LogP contribution in [0.1, 0.15) is 41.1 Å². The number of thioether (sulfide) groups is 1. The summed E-state index contributed by atoms with van der Waals surface area (Å²) in [5.41, 5.74) is 1.87. The third-order valence-corrected chi connectivity index (χ3v) is 7.06. The minimum absolute atomic E-state index is 0.162. The largest absolute Gasteiger partial charge is 0.462 e. The molecule has 32 heavy (non-hydrogen) atoms. The molecule has 8 nitrogen and oxygen atoms in total. The Morgan fingerprint density at radius 2 is 1.91 bits per heavy atom. The SMILES string of the molecule is CCOC(=O)c1c(NC(=O)COC(=O)C[C@H]2Sc3ccccc3NC2=O)sc(C)c1CC. The summed E-state index contributed by atoms with van der Waals surface area (Å²) in [5.74, 6) is -2.01. The normalized spacial score (nSPS) is 14.8. The van der Waals surface area contributed by atoms with Crippen molar-refractivity contribution in [1.82, 2.24) is 0 Å². The van der Waals surface area contributed by atoms with E-state index in [1.165, 1.54) is 23.1 Å². The second-order valence-corrected chi connectivity index (χ2v) is 9.39. The molecule has 1 aromatic heterocycles. The van der Waals surface area contributed by atoms with Crippen LogP contribution in [0.2, 0.25) is 0 Å². The highest BCUT2D eigenvalue weighted by Crippen LogP contribution is 2.37. The van der Waals surface area contributed by atoms with Crippen LogP contribution in [0, 0.1) is 6.92 Å². The van der Waals surface area contributed by atoms with E-state index in [4.69, 9.17) is 9.47 Å². The van der Waals surface area contributed by atoms with Crippen molar-refractivity contribution < 1.29 is 28.7 Å². The van der Waals surface area contributed by atoms with Gasteiger partial charge in [0.2, 0.25) is 5.91 Å². The molecular formula is C22H24N2O6S2. The number of carbonyl (C=O) groups is 4. The molecule has 1 aliphatic heterocycles. The minimum Gasteiger partial charge on any atom is -0.462 e. The molecule has 0 radical (unpaired) electrons. The molecule has 1 aliphatic rings. The summed E-state index contributed by atoms with van der Waals surface area (Å²) in [6.07, 6.45) is 0.454. The van der Waals surface area contributed by atoms with Crippen molar-refractivity contribution in [3.8, 4) is 0 Å². The molecule has 2 N–H and O–H groups in total. The maximum absolute atomic E-state index is 12.4. The van der Waals surface area contributed by atoms with Crippen LogP contribution in [0.25, 0.3) is 0 Å². The molecule has 170 valence electrons. The summed E-state index contributed by atoms with van der Waals surface area (Å²) in [6, 6.07) is 7.32. The molecule has 1 atom stereocenters. The van der Waals surface area contributed by atoms with E-state index in [1.54, 1.807) is 13.0 Å². The molecule has 0 bridgehead atoms. The number of fused-ring (bicyclic) bond motifs is 1. The van der Waals surface area contributed by atoms with Crippen molar-refractivity contribution in [1.29, 1.82) is 0 Å². The Morgan fingerprint density at radius 1 is 1.16 bits per heavy atom. The predicted octanol–water partition coefficient (Wildman–Crippen LogP) is 3.78. The molecule has 0 aliphatic carbocycles. The average molecular weight is 477 g/mol. The van der Waals surface area contributed by atoms with Gasteiger partial charge in [-0.05, 0) is 38.0 Å². The predicted molar refractivity (Wildman–Crippen MR) is 123 cm³/mol. The topological polar surface area (TPSA) is 111 Å². The number of rotatable bonds is 8. The van der Waals surface area contributed by atoms with Gasteiger partial charge in [0, 0.05) is 9.77 Å². The maximum Gasteiger partial charge on any atom is 0.341 e. The molecule has 10 heteroatoms. The van der Waals surface area contributed by atoms with E-state index in [0.717, 1.165) is 15.3 Å². The molecule has 0 saturated heterocycles. The summed E-state index contributed by atoms with van der Waals surface area (Å²) in [7, 11) is 0. The first kappa shape index (κ1) is 23.8. The van der Waals surface area contributed by atoms with Gasteiger partial charge in [-0.15, -0.1) is 23.1 Å². The highest BCUT2D eigenvalue weighted by atomic mass is 32.2. The summed E-state index contributed by atoms with van der Waals surface area (Å²) < 4.78 is 10.2. The van der Waals surface area contributed by atoms with Crippen LogP contribution in [-0.4, -0.2) is 42.2 Å². The highest BCUT2D eigenvalue weighted by Gasteiger charge is 2.30. The monoisotopic (exact) mass is 476 g/mol. The molecule has 0 spiro atoms. The quantitative estimate of drug-likeness (QED) is 0.558. The lowest BCUT2D eigenvalue weighted by Crippen LogP contribution is -2.32. The first-order valence-electron chi connectivity index (χ1n) is 10.1. The van der Waals surface area contributed by atoms with Crippen LogP contribution in [0.4, 0.5) is 10.7 Å². The zero-order valence-corrected chi connectivity index (χ0v) is 19.6. The summed E-state index contributed by atoms with van der Waals surface area (Å²) >= 11 is 2.56. The van der Waals surface area contributed by atoms with E-state index in [-0.39, 0.29) is 18.9 Å². The number of nitrogens with one attached hydrogen (secondary N) is 2. The van der Waals surface area contributed by atoms with Crippen LogP contribution >= 0.6 is 23.1 Å². The Kier molecular flexibility index (Phi) is 7.92. The van der Waals surface area contributed by atoms with E-state index in [2.05, 4.69) is 10.6 Å². The van der Waals surface area contributed by atoms with Gasteiger partial charge in [-0.3, -0.25) is 14.4 Å². The van der Waals surface area contributed by atoms with E-state index < -0.39 is 29.7 Å². The Hall–Kier alpha value is -2.85. The zero-order chi connectivity index (χ0) is 23.3. The minimum atomic E-state index is -0.658. The number of hydrogen-bond acceptors (Lipinski definition) is 8. The first-order valence-corrected chi connectivity index (χ1v) is 11.8. The number of ether oxygens (including phenoxy) is 2. The number of anilines is 2. The number of hydrogen-bond donors (Lipinski definition) is 2. The Labute approximate surface area is 194 Å². The van der Waals surface area contributed by atoms with Crippen LogP contribution in [0.5, 0.6) is 0 Å². The fourth-order valence-electron chi connectivity index (χ4n) is 3.26. The third-order valence-electron chi connectivity index (χ3n) is 4.72. The summed E-state index contributed by atoms with van der Waals surface area (Å²) in [5, 5.41) is 5.14. The van der Waals surface area contributed by atoms with E-state index in [9.17, 15) is 19.2 Å². The highest BCUT2D eigenvalue weighted by molar-refractivity contribution is 8.01. The van der Waals surface area contributed by atoms with Gasteiger partial charge in [0.25, 0.3) is 5.91 Å². The van der Waals surface area contributed by atoms with Gasteiger partial charge >= 0.3 is 11.9 Å². The molecule has 1 aromatic carbocycles. The van der Waals surface area contributed by atoms with Crippen molar-refractivity contribution in [3.63, 3.8) is 0 Å². The van der Waals surface area contributed by atoms with Gasteiger partial charge < -0.3 is 20.1 Å². The molecule has 0 unspecified atom stereocenters. The average Bonchev–Trinajstić information content (AvgIpc) is 3.07. The third kappa shape index (κ3) is 5.49. The molecule has 2 amide bonds. The summed E-state index contributed by atoms with van der Waals surface area (Å²) in [6.45, 7) is 5.20. The van der Waals surface area contributed by atoms with Crippen molar-refractivity contribution in [2.45, 2.75) is 43.8 Å². The van der Waals surface area contributed by atoms with E-state index >= 15 is 0 Å². The molecule has 0 saturated carbocycles. The second kappa shape index (κ2) is 10.6. The van der Waals surface area contributed by atoms with Crippen LogP contribution < -0.4 is 10.6 Å². The fraction of sp³-hybridized carbons (Fsp3) is 0.364. The summed E-state index contributed by atoms with van der Waals surface area (Å²) in [4.78, 5) is 50.9. The maximum atomic E-state index is 12.4. The smallest absolute Gasteiger partial charge is 0.341 e. The number of amides is 2. The van der Waals surface area contributed by atoms with Gasteiger partial charge in [-0.1, -0.05) is 19.1 Å². The Bertz CT molecular complexity index is 1050.